The standard InChI is InChI=1S/C13H18N2O5S/c1-2-20-10(16)6-3-7-14-13(19)15-11(12(17)18)9-5-4-8-21-9/h4-5,8,11H,2-3,6-7H2,1H3,(H,17,18)(H2,14,15,19). The Hall–Kier alpha value is -2.09. The van der Waals surface area contributed by atoms with Gasteiger partial charge in [-0.05, 0) is 24.8 Å². The van der Waals surface area contributed by atoms with Crippen LogP contribution in [0.25, 0.3) is 0 Å². The number of carboxylic acid groups (broad SMARTS) is 1. The highest BCUT2D eigenvalue weighted by molar-refractivity contribution is 7.10. The molecule has 0 saturated carbocycles. The fourth-order valence-corrected chi connectivity index (χ4v) is 2.33. The zero-order valence-corrected chi connectivity index (χ0v) is 12.4. The Morgan fingerprint density at radius 3 is 2.76 bits per heavy atom. The molecule has 0 saturated heterocycles. The van der Waals surface area contributed by atoms with Crippen LogP contribution in [-0.4, -0.2) is 36.2 Å². The van der Waals surface area contributed by atoms with Crippen molar-refractivity contribution in [3.05, 3.63) is 22.4 Å². The summed E-state index contributed by atoms with van der Waals surface area (Å²) in [7, 11) is 0. The van der Waals surface area contributed by atoms with E-state index in [2.05, 4.69) is 10.6 Å². The second-order valence-corrected chi connectivity index (χ2v) is 5.07. The second kappa shape index (κ2) is 8.96. The van der Waals surface area contributed by atoms with Gasteiger partial charge < -0.3 is 20.5 Å². The van der Waals surface area contributed by atoms with Gasteiger partial charge in [0.05, 0.1) is 6.61 Å². The Labute approximate surface area is 126 Å². The van der Waals surface area contributed by atoms with Crippen LogP contribution in [0.2, 0.25) is 0 Å². The minimum Gasteiger partial charge on any atom is -0.479 e. The quantitative estimate of drug-likeness (QED) is 0.498. The predicted molar refractivity (Wildman–Crippen MR) is 77.1 cm³/mol. The maximum atomic E-state index is 11.6. The summed E-state index contributed by atoms with van der Waals surface area (Å²) in [5.74, 6) is -1.44. The van der Waals surface area contributed by atoms with E-state index in [0.29, 0.717) is 17.9 Å². The molecule has 1 unspecified atom stereocenters. The van der Waals surface area contributed by atoms with Crippen molar-refractivity contribution in [1.29, 1.82) is 0 Å². The van der Waals surface area contributed by atoms with Crippen LogP contribution in [0.15, 0.2) is 17.5 Å². The molecule has 0 fully saturated rings. The summed E-state index contributed by atoms with van der Waals surface area (Å²) in [6.45, 7) is 2.31. The average Bonchev–Trinajstić information content (AvgIpc) is 2.94. The molecule has 21 heavy (non-hydrogen) atoms. The van der Waals surface area contributed by atoms with E-state index in [4.69, 9.17) is 9.84 Å². The van der Waals surface area contributed by atoms with E-state index in [9.17, 15) is 14.4 Å². The first-order valence-electron chi connectivity index (χ1n) is 6.50. The van der Waals surface area contributed by atoms with Gasteiger partial charge in [0, 0.05) is 17.8 Å². The minimum atomic E-state index is -1.13. The number of aliphatic carboxylic acids is 1. The van der Waals surface area contributed by atoms with Crippen LogP contribution in [0, 0.1) is 0 Å². The first kappa shape index (κ1) is 17.0. The van der Waals surface area contributed by atoms with Crippen LogP contribution in [0.5, 0.6) is 0 Å². The van der Waals surface area contributed by atoms with E-state index >= 15 is 0 Å². The van der Waals surface area contributed by atoms with E-state index in [1.54, 1.807) is 24.4 Å². The van der Waals surface area contributed by atoms with Crippen LogP contribution in [-0.2, 0) is 14.3 Å². The molecule has 0 radical (unpaired) electrons. The van der Waals surface area contributed by atoms with Gasteiger partial charge in [-0.15, -0.1) is 11.3 Å². The monoisotopic (exact) mass is 314 g/mol. The van der Waals surface area contributed by atoms with Gasteiger partial charge in [-0.25, -0.2) is 9.59 Å². The SMILES string of the molecule is CCOC(=O)CCCNC(=O)NC(C(=O)O)c1cccs1. The summed E-state index contributed by atoms with van der Waals surface area (Å²) in [6, 6.07) is 1.70. The molecule has 0 aliphatic heterocycles. The van der Waals surface area contributed by atoms with Crippen molar-refractivity contribution in [3.8, 4) is 0 Å². The molecule has 8 heteroatoms. The molecule has 0 aliphatic carbocycles. The number of carboxylic acids is 1. The molecular weight excluding hydrogens is 296 g/mol. The number of esters is 1. The molecule has 1 aromatic rings. The molecule has 3 N–H and O–H groups in total. The van der Waals surface area contributed by atoms with E-state index in [1.165, 1.54) is 11.3 Å². The van der Waals surface area contributed by atoms with Gasteiger partial charge in [-0.3, -0.25) is 4.79 Å². The zero-order valence-electron chi connectivity index (χ0n) is 11.6. The lowest BCUT2D eigenvalue weighted by atomic mass is 10.2. The summed E-state index contributed by atoms with van der Waals surface area (Å²) in [5.41, 5.74) is 0. The Morgan fingerprint density at radius 1 is 1.43 bits per heavy atom. The van der Waals surface area contributed by atoms with Gasteiger partial charge in [-0.1, -0.05) is 6.07 Å². The lowest BCUT2D eigenvalue weighted by Gasteiger charge is -2.13. The van der Waals surface area contributed by atoms with Gasteiger partial charge >= 0.3 is 18.0 Å². The highest BCUT2D eigenvalue weighted by Gasteiger charge is 2.22. The fourth-order valence-electron chi connectivity index (χ4n) is 1.56. The number of hydrogen-bond donors (Lipinski definition) is 3. The van der Waals surface area contributed by atoms with Gasteiger partial charge in [0.15, 0.2) is 6.04 Å². The first-order chi connectivity index (χ1) is 10.0. The van der Waals surface area contributed by atoms with Crippen LogP contribution in [0.3, 0.4) is 0 Å². The summed E-state index contributed by atoms with van der Waals surface area (Å²) < 4.78 is 4.75. The Kier molecular flexibility index (Phi) is 7.24. The van der Waals surface area contributed by atoms with Crippen molar-refractivity contribution in [2.24, 2.45) is 0 Å². The molecule has 1 rings (SSSR count). The lowest BCUT2D eigenvalue weighted by Crippen LogP contribution is -2.41. The average molecular weight is 314 g/mol. The normalized spacial score (nSPS) is 11.5. The molecule has 0 aliphatic rings. The molecule has 1 heterocycles. The number of urea groups is 1. The summed E-state index contributed by atoms with van der Waals surface area (Å²) in [4.78, 5) is 34.4. The molecule has 116 valence electrons. The third-order valence-electron chi connectivity index (χ3n) is 2.50. The number of carbonyl (C=O) groups is 3. The van der Waals surface area contributed by atoms with Gasteiger partial charge in [0.25, 0.3) is 0 Å². The highest BCUT2D eigenvalue weighted by Crippen LogP contribution is 2.18. The van der Waals surface area contributed by atoms with Gasteiger partial charge in [0.1, 0.15) is 0 Å². The molecule has 7 nitrogen and oxygen atoms in total. The van der Waals surface area contributed by atoms with E-state index in [1.807, 2.05) is 0 Å². The van der Waals surface area contributed by atoms with Crippen molar-refractivity contribution < 1.29 is 24.2 Å². The maximum Gasteiger partial charge on any atom is 0.331 e. The molecular formula is C13H18N2O5S. The molecule has 2 amide bonds. The largest absolute Gasteiger partial charge is 0.479 e. The lowest BCUT2D eigenvalue weighted by molar-refractivity contribution is -0.143. The van der Waals surface area contributed by atoms with Crippen molar-refractivity contribution in [3.63, 3.8) is 0 Å². The Bertz CT molecular complexity index is 475. The summed E-state index contributed by atoms with van der Waals surface area (Å²) >= 11 is 1.25. The number of rotatable bonds is 8. The topological polar surface area (TPSA) is 105 Å². The van der Waals surface area contributed by atoms with Crippen LogP contribution in [0.1, 0.15) is 30.7 Å². The number of amides is 2. The Balaban J connectivity index is 2.32. The fraction of sp³-hybridized carbons (Fsp3) is 0.462. The summed E-state index contributed by atoms with van der Waals surface area (Å²) in [5, 5.41) is 15.7. The smallest absolute Gasteiger partial charge is 0.331 e. The Morgan fingerprint density at radius 2 is 2.19 bits per heavy atom. The zero-order chi connectivity index (χ0) is 15.7. The van der Waals surface area contributed by atoms with Crippen LogP contribution < -0.4 is 10.6 Å². The maximum absolute atomic E-state index is 11.6. The van der Waals surface area contributed by atoms with E-state index in [0.717, 1.165) is 0 Å². The van der Waals surface area contributed by atoms with Gasteiger partial charge in [-0.2, -0.15) is 0 Å². The first-order valence-corrected chi connectivity index (χ1v) is 7.38. The summed E-state index contributed by atoms with van der Waals surface area (Å²) in [6.07, 6.45) is 0.643. The van der Waals surface area contributed by atoms with Crippen molar-refractivity contribution >= 4 is 29.3 Å². The number of hydrogen-bond acceptors (Lipinski definition) is 5. The molecule has 0 bridgehead atoms. The predicted octanol–water partition coefficient (Wildman–Crippen LogP) is 1.52. The van der Waals surface area contributed by atoms with Crippen molar-refractivity contribution in [2.45, 2.75) is 25.8 Å². The second-order valence-electron chi connectivity index (χ2n) is 4.10. The molecule has 1 atom stereocenters. The molecule has 0 spiro atoms. The number of thiophene rings is 1. The van der Waals surface area contributed by atoms with Gasteiger partial charge in [0.2, 0.25) is 0 Å². The van der Waals surface area contributed by atoms with Crippen LogP contribution in [0.4, 0.5) is 4.79 Å². The van der Waals surface area contributed by atoms with E-state index < -0.39 is 18.0 Å². The number of ether oxygens (including phenoxy) is 1. The number of carbonyl (C=O) groups excluding carboxylic acids is 2. The highest BCUT2D eigenvalue weighted by atomic mass is 32.1. The minimum absolute atomic E-state index is 0.210. The van der Waals surface area contributed by atoms with Crippen LogP contribution >= 0.6 is 11.3 Å². The van der Waals surface area contributed by atoms with Crippen molar-refractivity contribution in [1.82, 2.24) is 10.6 Å². The van der Waals surface area contributed by atoms with Crippen molar-refractivity contribution in [2.75, 3.05) is 13.2 Å². The third kappa shape index (κ3) is 6.26. The third-order valence-corrected chi connectivity index (χ3v) is 3.44. The van der Waals surface area contributed by atoms with E-state index in [-0.39, 0.29) is 18.9 Å². The number of nitrogens with one attached hydrogen (secondary N) is 2. The molecule has 1 aromatic heterocycles. The molecule has 0 aromatic carbocycles.